The monoisotopic (exact) mass is 324 g/mol. The molecular formula is C14H11ClNOSe. The number of rotatable bonds is 3. The molecule has 4 heteroatoms. The Morgan fingerprint density at radius 3 is 2.67 bits per heavy atom. The van der Waals surface area contributed by atoms with E-state index in [9.17, 15) is 4.79 Å². The van der Waals surface area contributed by atoms with Crippen LogP contribution in [0.25, 0.3) is 0 Å². The van der Waals surface area contributed by atoms with Crippen LogP contribution in [0.2, 0.25) is 5.02 Å². The van der Waals surface area contributed by atoms with Gasteiger partial charge in [-0.15, -0.1) is 0 Å². The molecule has 1 radical (unpaired) electrons. The molecule has 1 N–H and O–H groups in total. The Bertz CT molecular complexity index is 571. The van der Waals surface area contributed by atoms with Gasteiger partial charge in [-0.2, -0.15) is 0 Å². The van der Waals surface area contributed by atoms with Crippen LogP contribution in [0.4, 0.5) is 0 Å². The zero-order chi connectivity index (χ0) is 13.0. The molecule has 0 heterocycles. The number of halogens is 1. The van der Waals surface area contributed by atoms with E-state index in [-0.39, 0.29) is 5.91 Å². The predicted molar refractivity (Wildman–Crippen MR) is 74.5 cm³/mol. The molecule has 2 rings (SSSR count). The van der Waals surface area contributed by atoms with Gasteiger partial charge in [0.25, 0.3) is 0 Å². The minimum atomic E-state index is -0.0932. The van der Waals surface area contributed by atoms with Crippen molar-refractivity contribution in [1.82, 2.24) is 5.32 Å². The summed E-state index contributed by atoms with van der Waals surface area (Å²) < 4.78 is 0.848. The van der Waals surface area contributed by atoms with Crippen molar-refractivity contribution in [3.63, 3.8) is 0 Å². The fraction of sp³-hybridized carbons (Fsp3) is 0.0714. The minimum absolute atomic E-state index is 0.0932. The van der Waals surface area contributed by atoms with Crippen LogP contribution in [0.3, 0.4) is 0 Å². The Labute approximate surface area is 119 Å². The third-order valence-corrected chi connectivity index (χ3v) is 3.46. The second-order valence-corrected chi connectivity index (χ2v) is 5.17. The van der Waals surface area contributed by atoms with Crippen molar-refractivity contribution in [2.24, 2.45) is 0 Å². The molecule has 0 atom stereocenters. The topological polar surface area (TPSA) is 29.1 Å². The standard InChI is InChI=1S/C14H11ClNOSe/c15-11-5-3-4-10(8-11)9-16-14(17)12-6-1-2-7-13(12)18/h1-8H,9H2,(H,16,17). The molecule has 0 unspecified atom stereocenters. The molecule has 2 aromatic rings. The van der Waals surface area contributed by atoms with Gasteiger partial charge in [0, 0.05) is 0 Å². The maximum absolute atomic E-state index is 12.0. The number of hydrogen-bond donors (Lipinski definition) is 1. The van der Waals surface area contributed by atoms with E-state index in [4.69, 9.17) is 11.6 Å². The number of carbonyl (C=O) groups is 1. The first-order valence-corrected chi connectivity index (χ1v) is 6.69. The number of amides is 1. The second kappa shape index (κ2) is 6.05. The molecule has 1 amide bonds. The quantitative estimate of drug-likeness (QED) is 0.861. The fourth-order valence-corrected chi connectivity index (χ4v) is 2.29. The van der Waals surface area contributed by atoms with Gasteiger partial charge >= 0.3 is 119 Å². The molecule has 18 heavy (non-hydrogen) atoms. The molecule has 0 aliphatic rings. The number of benzene rings is 2. The first kappa shape index (κ1) is 13.2. The summed E-state index contributed by atoms with van der Waals surface area (Å²) in [7, 11) is 0. The number of nitrogens with one attached hydrogen (secondary N) is 1. The van der Waals surface area contributed by atoms with E-state index in [1.807, 2.05) is 42.5 Å². The van der Waals surface area contributed by atoms with Crippen molar-refractivity contribution < 1.29 is 4.79 Å². The van der Waals surface area contributed by atoms with Crippen LogP contribution in [0.5, 0.6) is 0 Å². The summed E-state index contributed by atoms with van der Waals surface area (Å²) in [6.07, 6.45) is 0. The van der Waals surface area contributed by atoms with E-state index in [0.717, 1.165) is 10.0 Å². The van der Waals surface area contributed by atoms with Gasteiger partial charge < -0.3 is 0 Å². The Hall–Kier alpha value is -1.28. The van der Waals surface area contributed by atoms with Crippen LogP contribution in [-0.4, -0.2) is 21.9 Å². The van der Waals surface area contributed by atoms with E-state index in [0.29, 0.717) is 17.1 Å². The van der Waals surface area contributed by atoms with Gasteiger partial charge in [-0.25, -0.2) is 0 Å². The summed E-state index contributed by atoms with van der Waals surface area (Å²) in [6.45, 7) is 0.466. The second-order valence-electron chi connectivity index (χ2n) is 3.81. The van der Waals surface area contributed by atoms with Crippen molar-refractivity contribution >= 4 is 38.0 Å². The molecule has 0 fully saturated rings. The summed E-state index contributed by atoms with van der Waals surface area (Å²) >= 11 is 8.76. The predicted octanol–water partition coefficient (Wildman–Crippen LogP) is 2.06. The van der Waals surface area contributed by atoms with Gasteiger partial charge in [0.1, 0.15) is 0 Å². The third kappa shape index (κ3) is 3.36. The van der Waals surface area contributed by atoms with E-state index in [1.54, 1.807) is 6.07 Å². The molecule has 0 saturated carbocycles. The van der Waals surface area contributed by atoms with Gasteiger partial charge in [0.2, 0.25) is 0 Å². The van der Waals surface area contributed by atoms with Gasteiger partial charge in [0.05, 0.1) is 0 Å². The number of carbonyl (C=O) groups excluding carboxylic acids is 1. The molecule has 0 aliphatic carbocycles. The molecule has 0 saturated heterocycles. The van der Waals surface area contributed by atoms with Crippen LogP contribution >= 0.6 is 11.6 Å². The van der Waals surface area contributed by atoms with Crippen LogP contribution < -0.4 is 9.78 Å². The Balaban J connectivity index is 2.03. The van der Waals surface area contributed by atoms with Gasteiger partial charge in [-0.1, -0.05) is 0 Å². The summed E-state index contributed by atoms with van der Waals surface area (Å²) in [5.41, 5.74) is 1.63. The van der Waals surface area contributed by atoms with Crippen molar-refractivity contribution in [2.75, 3.05) is 0 Å². The average molecular weight is 324 g/mol. The van der Waals surface area contributed by atoms with Crippen molar-refractivity contribution in [1.29, 1.82) is 0 Å². The number of hydrogen-bond acceptors (Lipinski definition) is 1. The van der Waals surface area contributed by atoms with E-state index in [1.165, 1.54) is 0 Å². The Kier molecular flexibility index (Phi) is 4.43. The maximum atomic E-state index is 12.0. The molecule has 0 spiro atoms. The normalized spacial score (nSPS) is 10.1. The molecule has 0 aliphatic heterocycles. The molecule has 91 valence electrons. The first-order chi connectivity index (χ1) is 8.66. The van der Waals surface area contributed by atoms with E-state index < -0.39 is 0 Å². The van der Waals surface area contributed by atoms with Gasteiger partial charge in [-0.05, 0) is 0 Å². The van der Waals surface area contributed by atoms with Crippen molar-refractivity contribution in [2.45, 2.75) is 6.54 Å². The zero-order valence-corrected chi connectivity index (χ0v) is 12.0. The van der Waals surface area contributed by atoms with Crippen LogP contribution in [-0.2, 0) is 6.54 Å². The van der Waals surface area contributed by atoms with Crippen molar-refractivity contribution in [3.05, 3.63) is 64.7 Å². The van der Waals surface area contributed by atoms with E-state index in [2.05, 4.69) is 21.3 Å². The molecular weight excluding hydrogens is 313 g/mol. The zero-order valence-electron chi connectivity index (χ0n) is 9.52. The van der Waals surface area contributed by atoms with Crippen LogP contribution in [0, 0.1) is 0 Å². The Morgan fingerprint density at radius 1 is 1.17 bits per heavy atom. The SMILES string of the molecule is O=C(NCc1cccc(Cl)c1)c1ccccc1[Se]. The summed E-state index contributed by atoms with van der Waals surface area (Å²) in [4.78, 5) is 12.0. The van der Waals surface area contributed by atoms with Crippen LogP contribution in [0.15, 0.2) is 48.5 Å². The van der Waals surface area contributed by atoms with Crippen LogP contribution in [0.1, 0.15) is 15.9 Å². The average Bonchev–Trinajstić information content (AvgIpc) is 2.37. The summed E-state index contributed by atoms with van der Waals surface area (Å²) in [5, 5.41) is 3.54. The molecule has 0 bridgehead atoms. The first-order valence-electron chi connectivity index (χ1n) is 5.45. The third-order valence-electron chi connectivity index (χ3n) is 2.47. The summed E-state index contributed by atoms with van der Waals surface area (Å²) in [5.74, 6) is -0.0932. The Morgan fingerprint density at radius 2 is 1.94 bits per heavy atom. The van der Waals surface area contributed by atoms with E-state index >= 15 is 0 Å². The summed E-state index contributed by atoms with van der Waals surface area (Å²) in [6, 6.07) is 14.8. The fourth-order valence-electron chi connectivity index (χ4n) is 1.58. The molecule has 0 aromatic heterocycles. The van der Waals surface area contributed by atoms with Gasteiger partial charge in [0.15, 0.2) is 0 Å². The van der Waals surface area contributed by atoms with Gasteiger partial charge in [-0.3, -0.25) is 0 Å². The van der Waals surface area contributed by atoms with Crippen molar-refractivity contribution in [3.8, 4) is 0 Å². The molecule has 2 aromatic carbocycles. The molecule has 2 nitrogen and oxygen atoms in total.